The van der Waals surface area contributed by atoms with Crippen LogP contribution >= 0.6 is 0 Å². The van der Waals surface area contributed by atoms with Crippen LogP contribution in [0.15, 0.2) is 0 Å². The van der Waals surface area contributed by atoms with E-state index < -0.39 is 0 Å². The quantitative estimate of drug-likeness (QED) is 0.753. The lowest BCUT2D eigenvalue weighted by molar-refractivity contribution is -0.127. The molecule has 0 aromatic rings. The summed E-state index contributed by atoms with van der Waals surface area (Å²) < 4.78 is 11.5. The predicted octanol–water partition coefficient (Wildman–Crippen LogP) is 1.45. The molecule has 2 fully saturated rings. The van der Waals surface area contributed by atoms with Crippen LogP contribution in [0.3, 0.4) is 0 Å². The zero-order valence-electron chi connectivity index (χ0n) is 13.5. The molecule has 1 amide bonds. The molecule has 0 radical (unpaired) electrons. The standard InChI is InChI=1S/C16H30N2O3/c1-10-11(2)21-12(3)15(10)16(19)18-8-9-20-14-6-4-13(17)5-7-14/h10-15H,4-9,17H2,1-3H3,(H,18,19). The number of hydrogen-bond donors (Lipinski definition) is 2. The smallest absolute Gasteiger partial charge is 0.226 e. The Labute approximate surface area is 127 Å². The molecule has 1 saturated heterocycles. The van der Waals surface area contributed by atoms with Crippen LogP contribution in [0, 0.1) is 11.8 Å². The zero-order valence-corrected chi connectivity index (χ0v) is 13.5. The fourth-order valence-corrected chi connectivity index (χ4v) is 3.49. The number of amides is 1. The molecular weight excluding hydrogens is 268 g/mol. The number of rotatable bonds is 5. The Balaban J connectivity index is 1.63. The minimum Gasteiger partial charge on any atom is -0.376 e. The Bertz CT molecular complexity index is 342. The van der Waals surface area contributed by atoms with Gasteiger partial charge in [0.2, 0.25) is 5.91 Å². The Morgan fingerprint density at radius 2 is 1.86 bits per heavy atom. The fraction of sp³-hybridized carbons (Fsp3) is 0.938. The lowest BCUT2D eigenvalue weighted by atomic mass is 9.89. The van der Waals surface area contributed by atoms with Crippen LogP contribution in [-0.4, -0.2) is 43.4 Å². The van der Waals surface area contributed by atoms with E-state index in [1.54, 1.807) is 0 Å². The van der Waals surface area contributed by atoms with Crippen molar-refractivity contribution in [3.63, 3.8) is 0 Å². The molecule has 1 aliphatic heterocycles. The van der Waals surface area contributed by atoms with Crippen molar-refractivity contribution in [3.05, 3.63) is 0 Å². The third kappa shape index (κ3) is 4.41. The molecular formula is C16H30N2O3. The second kappa shape index (κ2) is 7.56. The highest BCUT2D eigenvalue weighted by molar-refractivity contribution is 5.79. The molecule has 2 rings (SSSR count). The van der Waals surface area contributed by atoms with Crippen molar-refractivity contribution < 1.29 is 14.3 Å². The van der Waals surface area contributed by atoms with Crippen molar-refractivity contribution in [2.24, 2.45) is 17.6 Å². The number of hydrogen-bond acceptors (Lipinski definition) is 4. The number of ether oxygens (including phenoxy) is 2. The lowest BCUT2D eigenvalue weighted by Gasteiger charge is -2.26. The molecule has 0 aromatic carbocycles. The van der Waals surface area contributed by atoms with E-state index in [4.69, 9.17) is 15.2 Å². The largest absolute Gasteiger partial charge is 0.376 e. The summed E-state index contributed by atoms with van der Waals surface area (Å²) in [6.45, 7) is 7.25. The normalized spacial score (nSPS) is 40.2. The fourth-order valence-electron chi connectivity index (χ4n) is 3.49. The van der Waals surface area contributed by atoms with Crippen LogP contribution < -0.4 is 11.1 Å². The summed E-state index contributed by atoms with van der Waals surface area (Å²) >= 11 is 0. The second-order valence-corrected chi connectivity index (χ2v) is 6.63. The van der Waals surface area contributed by atoms with Crippen LogP contribution in [-0.2, 0) is 14.3 Å². The maximum Gasteiger partial charge on any atom is 0.226 e. The predicted molar refractivity (Wildman–Crippen MR) is 81.9 cm³/mol. The molecule has 4 atom stereocenters. The summed E-state index contributed by atoms with van der Waals surface area (Å²) in [5, 5.41) is 2.99. The van der Waals surface area contributed by atoms with Gasteiger partial charge in [-0.2, -0.15) is 0 Å². The van der Waals surface area contributed by atoms with Crippen LogP contribution in [0.1, 0.15) is 46.5 Å². The first kappa shape index (κ1) is 16.7. The molecule has 0 spiro atoms. The Morgan fingerprint density at radius 3 is 2.43 bits per heavy atom. The number of nitrogens with one attached hydrogen (secondary N) is 1. The molecule has 2 aliphatic rings. The van der Waals surface area contributed by atoms with Crippen molar-refractivity contribution in [2.75, 3.05) is 13.2 Å². The van der Waals surface area contributed by atoms with Crippen LogP contribution in [0.4, 0.5) is 0 Å². The highest BCUT2D eigenvalue weighted by Gasteiger charge is 2.41. The average molecular weight is 298 g/mol. The van der Waals surface area contributed by atoms with E-state index in [9.17, 15) is 4.79 Å². The zero-order chi connectivity index (χ0) is 15.4. The van der Waals surface area contributed by atoms with Gasteiger partial charge in [-0.3, -0.25) is 4.79 Å². The molecule has 3 N–H and O–H groups in total. The Hall–Kier alpha value is -0.650. The van der Waals surface area contributed by atoms with Gasteiger partial charge in [-0.05, 0) is 45.4 Å². The minimum atomic E-state index is -0.0484. The second-order valence-electron chi connectivity index (χ2n) is 6.63. The maximum absolute atomic E-state index is 12.2. The van der Waals surface area contributed by atoms with E-state index in [0.29, 0.717) is 25.3 Å². The van der Waals surface area contributed by atoms with E-state index in [1.165, 1.54) is 0 Å². The van der Waals surface area contributed by atoms with Gasteiger partial charge < -0.3 is 20.5 Å². The van der Waals surface area contributed by atoms with Crippen molar-refractivity contribution in [1.82, 2.24) is 5.32 Å². The molecule has 1 heterocycles. The van der Waals surface area contributed by atoms with Crippen LogP contribution in [0.2, 0.25) is 0 Å². The van der Waals surface area contributed by atoms with Crippen molar-refractivity contribution in [3.8, 4) is 0 Å². The van der Waals surface area contributed by atoms with Gasteiger partial charge in [-0.15, -0.1) is 0 Å². The molecule has 1 saturated carbocycles. The van der Waals surface area contributed by atoms with Gasteiger partial charge in [0.1, 0.15) is 0 Å². The highest BCUT2D eigenvalue weighted by atomic mass is 16.5. The van der Waals surface area contributed by atoms with E-state index in [0.717, 1.165) is 25.7 Å². The highest BCUT2D eigenvalue weighted by Crippen LogP contribution is 2.32. The summed E-state index contributed by atoms with van der Waals surface area (Å²) in [4.78, 5) is 12.2. The lowest BCUT2D eigenvalue weighted by Crippen LogP contribution is -2.39. The maximum atomic E-state index is 12.2. The van der Waals surface area contributed by atoms with Gasteiger partial charge in [0, 0.05) is 12.6 Å². The van der Waals surface area contributed by atoms with Gasteiger partial charge in [0.05, 0.1) is 30.8 Å². The molecule has 4 unspecified atom stereocenters. The first-order chi connectivity index (χ1) is 9.99. The summed E-state index contributed by atoms with van der Waals surface area (Å²) in [6.07, 6.45) is 4.63. The van der Waals surface area contributed by atoms with E-state index >= 15 is 0 Å². The van der Waals surface area contributed by atoms with Crippen LogP contribution in [0.25, 0.3) is 0 Å². The Morgan fingerprint density at radius 1 is 1.19 bits per heavy atom. The van der Waals surface area contributed by atoms with Gasteiger partial charge in [0.25, 0.3) is 0 Å². The van der Waals surface area contributed by atoms with E-state index in [1.807, 2.05) is 13.8 Å². The first-order valence-electron chi connectivity index (χ1n) is 8.29. The molecule has 5 heteroatoms. The van der Waals surface area contributed by atoms with E-state index in [-0.39, 0.29) is 30.0 Å². The third-order valence-corrected chi connectivity index (χ3v) is 5.02. The van der Waals surface area contributed by atoms with Gasteiger partial charge in [0.15, 0.2) is 0 Å². The third-order valence-electron chi connectivity index (χ3n) is 5.02. The molecule has 5 nitrogen and oxygen atoms in total. The molecule has 0 bridgehead atoms. The summed E-state index contributed by atoms with van der Waals surface area (Å²) in [5.74, 6) is 0.307. The summed E-state index contributed by atoms with van der Waals surface area (Å²) in [6, 6.07) is 0.344. The molecule has 21 heavy (non-hydrogen) atoms. The van der Waals surface area contributed by atoms with Crippen molar-refractivity contribution in [2.45, 2.75) is 70.8 Å². The number of nitrogens with two attached hydrogens (primary N) is 1. The monoisotopic (exact) mass is 298 g/mol. The van der Waals surface area contributed by atoms with Gasteiger partial charge in [-0.1, -0.05) is 6.92 Å². The number of carbonyl (C=O) groups excluding carboxylic acids is 1. The molecule has 122 valence electrons. The van der Waals surface area contributed by atoms with Crippen molar-refractivity contribution >= 4 is 5.91 Å². The summed E-state index contributed by atoms with van der Waals surface area (Å²) in [5.41, 5.74) is 5.87. The van der Waals surface area contributed by atoms with E-state index in [2.05, 4.69) is 12.2 Å². The minimum absolute atomic E-state index is 0.00393. The summed E-state index contributed by atoms with van der Waals surface area (Å²) in [7, 11) is 0. The molecule has 1 aliphatic carbocycles. The average Bonchev–Trinajstić information content (AvgIpc) is 2.70. The first-order valence-corrected chi connectivity index (χ1v) is 8.29. The van der Waals surface area contributed by atoms with Crippen LogP contribution in [0.5, 0.6) is 0 Å². The molecule has 0 aromatic heterocycles. The van der Waals surface area contributed by atoms with Gasteiger partial charge >= 0.3 is 0 Å². The van der Waals surface area contributed by atoms with Crippen molar-refractivity contribution in [1.29, 1.82) is 0 Å². The topological polar surface area (TPSA) is 73.6 Å². The Kier molecular flexibility index (Phi) is 6.02. The van der Waals surface area contributed by atoms with Gasteiger partial charge in [-0.25, -0.2) is 0 Å². The SMILES string of the molecule is CC1OC(C)C(C(=O)NCCOC2CCC(N)CC2)C1C. The number of carbonyl (C=O) groups is 1.